The quantitative estimate of drug-likeness (QED) is 0.434. The standard InChI is InChI=1S/C11H12N2O7/c1-11(18,10(16)17)5-12-9(15)6-2-3-7(13(19)20)8(14)4-6/h2-4,14,18H,5H2,1H3,(H,12,15)(H,16,17). The Hall–Kier alpha value is -2.68. The Labute approximate surface area is 112 Å². The number of aliphatic carboxylic acids is 1. The molecule has 1 amide bonds. The van der Waals surface area contributed by atoms with E-state index in [1.165, 1.54) is 0 Å². The van der Waals surface area contributed by atoms with E-state index in [0.717, 1.165) is 25.1 Å². The number of nitrogens with zero attached hydrogens (tertiary/aromatic N) is 1. The molecule has 1 aromatic carbocycles. The molecule has 1 aromatic rings. The van der Waals surface area contributed by atoms with E-state index in [4.69, 9.17) is 5.11 Å². The highest BCUT2D eigenvalue weighted by molar-refractivity contribution is 5.95. The van der Waals surface area contributed by atoms with E-state index < -0.39 is 40.4 Å². The van der Waals surface area contributed by atoms with Crippen molar-refractivity contribution in [3.8, 4) is 5.75 Å². The smallest absolute Gasteiger partial charge is 0.337 e. The van der Waals surface area contributed by atoms with Gasteiger partial charge in [0.1, 0.15) is 0 Å². The maximum atomic E-state index is 11.7. The summed E-state index contributed by atoms with van der Waals surface area (Å²) in [5.41, 5.74) is -2.80. The molecule has 0 heterocycles. The van der Waals surface area contributed by atoms with E-state index in [0.29, 0.717) is 0 Å². The number of rotatable bonds is 5. The Morgan fingerprint density at radius 2 is 2.05 bits per heavy atom. The Morgan fingerprint density at radius 1 is 1.45 bits per heavy atom. The number of nitro benzene ring substituents is 1. The molecule has 0 fully saturated rings. The van der Waals surface area contributed by atoms with Crippen LogP contribution in [0.4, 0.5) is 5.69 Å². The first-order chi connectivity index (χ1) is 9.15. The molecule has 0 saturated carbocycles. The number of hydrogen-bond donors (Lipinski definition) is 4. The van der Waals surface area contributed by atoms with Crippen molar-refractivity contribution in [2.75, 3.05) is 6.54 Å². The van der Waals surface area contributed by atoms with Gasteiger partial charge in [0, 0.05) is 11.6 Å². The summed E-state index contributed by atoms with van der Waals surface area (Å²) in [6.07, 6.45) is 0. The van der Waals surface area contributed by atoms with E-state index in [1.54, 1.807) is 0 Å². The molecule has 0 saturated heterocycles. The zero-order valence-electron chi connectivity index (χ0n) is 10.4. The van der Waals surface area contributed by atoms with E-state index >= 15 is 0 Å². The first kappa shape index (κ1) is 15.4. The molecule has 9 heteroatoms. The summed E-state index contributed by atoms with van der Waals surface area (Å²) in [6, 6.07) is 2.92. The van der Waals surface area contributed by atoms with Gasteiger partial charge >= 0.3 is 11.7 Å². The highest BCUT2D eigenvalue weighted by atomic mass is 16.6. The molecular formula is C11H12N2O7. The van der Waals surface area contributed by atoms with Gasteiger partial charge in [0.15, 0.2) is 11.4 Å². The number of hydrogen-bond acceptors (Lipinski definition) is 6. The maximum absolute atomic E-state index is 11.7. The fourth-order valence-electron chi connectivity index (χ4n) is 1.25. The summed E-state index contributed by atoms with van der Waals surface area (Å²) in [6.45, 7) is 0.446. The average molecular weight is 284 g/mol. The van der Waals surface area contributed by atoms with Crippen LogP contribution in [0.2, 0.25) is 0 Å². The van der Waals surface area contributed by atoms with Gasteiger partial charge in [-0.2, -0.15) is 0 Å². The minimum absolute atomic E-state index is 0.103. The van der Waals surface area contributed by atoms with E-state index in [2.05, 4.69) is 5.32 Å². The molecule has 4 N–H and O–H groups in total. The molecule has 20 heavy (non-hydrogen) atoms. The summed E-state index contributed by atoms with van der Waals surface area (Å²) < 4.78 is 0. The normalized spacial score (nSPS) is 13.3. The second kappa shape index (κ2) is 5.53. The third-order valence-corrected chi connectivity index (χ3v) is 2.49. The van der Waals surface area contributed by atoms with Crippen molar-refractivity contribution in [1.82, 2.24) is 5.32 Å². The zero-order chi connectivity index (χ0) is 15.5. The number of carbonyl (C=O) groups is 2. The third kappa shape index (κ3) is 3.42. The number of amides is 1. The number of aromatic hydroxyl groups is 1. The van der Waals surface area contributed by atoms with Crippen molar-refractivity contribution in [2.45, 2.75) is 12.5 Å². The van der Waals surface area contributed by atoms with Crippen LogP contribution in [0.1, 0.15) is 17.3 Å². The first-order valence-corrected chi connectivity index (χ1v) is 5.36. The molecule has 0 spiro atoms. The molecular weight excluding hydrogens is 272 g/mol. The lowest BCUT2D eigenvalue weighted by Crippen LogP contribution is -2.46. The van der Waals surface area contributed by atoms with Crippen molar-refractivity contribution < 1.29 is 29.8 Å². The summed E-state index contributed by atoms with van der Waals surface area (Å²) in [4.78, 5) is 31.9. The fourth-order valence-corrected chi connectivity index (χ4v) is 1.25. The minimum atomic E-state index is -2.14. The number of phenols is 1. The van der Waals surface area contributed by atoms with Gasteiger partial charge in [0.05, 0.1) is 11.5 Å². The Kier molecular flexibility index (Phi) is 4.25. The van der Waals surface area contributed by atoms with Crippen LogP contribution in [0, 0.1) is 10.1 Å². The average Bonchev–Trinajstić information content (AvgIpc) is 2.35. The van der Waals surface area contributed by atoms with Crippen LogP contribution in [0.25, 0.3) is 0 Å². The van der Waals surface area contributed by atoms with Crippen molar-refractivity contribution in [3.05, 3.63) is 33.9 Å². The van der Waals surface area contributed by atoms with E-state index in [1.807, 2.05) is 0 Å². The number of benzene rings is 1. The van der Waals surface area contributed by atoms with Crippen LogP contribution < -0.4 is 5.32 Å². The minimum Gasteiger partial charge on any atom is -0.502 e. The molecule has 9 nitrogen and oxygen atoms in total. The van der Waals surface area contributed by atoms with Crippen molar-refractivity contribution in [2.24, 2.45) is 0 Å². The second-order valence-electron chi connectivity index (χ2n) is 4.22. The monoisotopic (exact) mass is 284 g/mol. The van der Waals surface area contributed by atoms with Crippen molar-refractivity contribution in [3.63, 3.8) is 0 Å². The van der Waals surface area contributed by atoms with Gasteiger partial charge in [-0.15, -0.1) is 0 Å². The predicted octanol–water partition coefficient (Wildman–Crippen LogP) is -0.134. The number of phenolic OH excluding ortho intramolecular Hbond substituents is 1. The summed E-state index contributed by atoms with van der Waals surface area (Å²) >= 11 is 0. The van der Waals surface area contributed by atoms with Gasteiger partial charge in [0.25, 0.3) is 5.91 Å². The number of aliphatic hydroxyl groups is 1. The number of carbonyl (C=O) groups excluding carboxylic acids is 1. The molecule has 108 valence electrons. The Morgan fingerprint density at radius 3 is 2.50 bits per heavy atom. The van der Waals surface area contributed by atoms with Crippen LogP contribution in [0.5, 0.6) is 5.75 Å². The van der Waals surface area contributed by atoms with Crippen LogP contribution in [0.15, 0.2) is 18.2 Å². The van der Waals surface area contributed by atoms with Gasteiger partial charge < -0.3 is 20.6 Å². The Balaban J connectivity index is 2.82. The second-order valence-corrected chi connectivity index (χ2v) is 4.22. The van der Waals surface area contributed by atoms with Crippen LogP contribution in [-0.2, 0) is 4.79 Å². The molecule has 0 bridgehead atoms. The Bertz CT molecular complexity index is 568. The lowest BCUT2D eigenvalue weighted by Gasteiger charge is -2.18. The molecule has 0 aliphatic carbocycles. The predicted molar refractivity (Wildman–Crippen MR) is 65.4 cm³/mol. The largest absolute Gasteiger partial charge is 0.502 e. The highest BCUT2D eigenvalue weighted by Crippen LogP contribution is 2.26. The number of nitro groups is 1. The maximum Gasteiger partial charge on any atom is 0.337 e. The van der Waals surface area contributed by atoms with Crippen LogP contribution in [-0.4, -0.2) is 44.3 Å². The van der Waals surface area contributed by atoms with Crippen molar-refractivity contribution in [1.29, 1.82) is 0 Å². The molecule has 0 aliphatic rings. The van der Waals surface area contributed by atoms with Gasteiger partial charge in [-0.1, -0.05) is 0 Å². The SMILES string of the molecule is CC(O)(CNC(=O)c1ccc([N+](=O)[O-])c(O)c1)C(=O)O. The summed E-state index contributed by atoms with van der Waals surface area (Å²) in [7, 11) is 0. The van der Waals surface area contributed by atoms with Gasteiger partial charge in [-0.3, -0.25) is 14.9 Å². The van der Waals surface area contributed by atoms with Crippen LogP contribution in [0.3, 0.4) is 0 Å². The molecule has 1 unspecified atom stereocenters. The van der Waals surface area contributed by atoms with E-state index in [9.17, 15) is 29.9 Å². The topological polar surface area (TPSA) is 150 Å². The zero-order valence-corrected chi connectivity index (χ0v) is 10.4. The third-order valence-electron chi connectivity index (χ3n) is 2.49. The lowest BCUT2D eigenvalue weighted by molar-refractivity contribution is -0.385. The molecule has 0 aromatic heterocycles. The number of nitrogens with one attached hydrogen (secondary N) is 1. The highest BCUT2D eigenvalue weighted by Gasteiger charge is 2.30. The van der Waals surface area contributed by atoms with E-state index in [-0.39, 0.29) is 5.56 Å². The molecule has 0 radical (unpaired) electrons. The number of carboxylic acids is 1. The first-order valence-electron chi connectivity index (χ1n) is 5.36. The molecule has 1 rings (SSSR count). The van der Waals surface area contributed by atoms with Gasteiger partial charge in [-0.25, -0.2) is 4.79 Å². The number of carboxylic acid groups (broad SMARTS) is 1. The van der Waals surface area contributed by atoms with Gasteiger partial charge in [-0.05, 0) is 19.1 Å². The lowest BCUT2D eigenvalue weighted by atomic mass is 10.1. The van der Waals surface area contributed by atoms with Gasteiger partial charge in [0.2, 0.25) is 0 Å². The molecule has 0 aliphatic heterocycles. The van der Waals surface area contributed by atoms with Crippen LogP contribution >= 0.6 is 0 Å². The molecule has 1 atom stereocenters. The summed E-state index contributed by atoms with van der Waals surface area (Å²) in [5, 5.41) is 40.0. The summed E-state index contributed by atoms with van der Waals surface area (Å²) in [5.74, 6) is -2.98. The van der Waals surface area contributed by atoms with Crippen molar-refractivity contribution >= 4 is 17.6 Å². The fraction of sp³-hybridized carbons (Fsp3) is 0.273.